The highest BCUT2D eigenvalue weighted by Gasteiger charge is 2.16. The van der Waals surface area contributed by atoms with Gasteiger partial charge in [0.1, 0.15) is 6.04 Å². The van der Waals surface area contributed by atoms with E-state index in [4.69, 9.17) is 0 Å². The average molecular weight is 335 g/mol. The Morgan fingerprint density at radius 2 is 1.76 bits per heavy atom. The summed E-state index contributed by atoms with van der Waals surface area (Å²) in [7, 11) is 0. The fourth-order valence-electron chi connectivity index (χ4n) is 2.75. The van der Waals surface area contributed by atoms with Crippen molar-refractivity contribution < 1.29 is 9.59 Å². The van der Waals surface area contributed by atoms with E-state index in [1.165, 1.54) is 0 Å². The van der Waals surface area contributed by atoms with Gasteiger partial charge in [-0.3, -0.25) is 9.59 Å². The molecule has 25 heavy (non-hydrogen) atoms. The zero-order valence-corrected chi connectivity index (χ0v) is 14.1. The van der Waals surface area contributed by atoms with Gasteiger partial charge in [0.15, 0.2) is 0 Å². The van der Waals surface area contributed by atoms with E-state index in [0.717, 1.165) is 22.0 Å². The second kappa shape index (κ2) is 7.66. The van der Waals surface area contributed by atoms with Crippen molar-refractivity contribution in [3.05, 3.63) is 71.9 Å². The van der Waals surface area contributed by atoms with Crippen LogP contribution >= 0.6 is 0 Å². The van der Waals surface area contributed by atoms with Gasteiger partial charge in [-0.25, -0.2) is 0 Å². The van der Waals surface area contributed by atoms with Crippen LogP contribution in [0.15, 0.2) is 60.8 Å². The van der Waals surface area contributed by atoms with E-state index in [1.54, 1.807) is 6.92 Å². The lowest BCUT2D eigenvalue weighted by molar-refractivity contribution is -0.128. The largest absolute Gasteiger partial charge is 0.361 e. The van der Waals surface area contributed by atoms with Crippen molar-refractivity contribution in [2.24, 2.45) is 0 Å². The molecule has 0 fully saturated rings. The molecule has 0 aliphatic heterocycles. The summed E-state index contributed by atoms with van der Waals surface area (Å²) in [4.78, 5) is 27.5. The number of fused-ring (bicyclic) bond motifs is 1. The van der Waals surface area contributed by atoms with Crippen LogP contribution in [0.25, 0.3) is 10.9 Å². The number of rotatable bonds is 6. The molecule has 0 saturated carbocycles. The molecule has 3 N–H and O–H groups in total. The number of hydrogen-bond donors (Lipinski definition) is 3. The molecule has 1 unspecified atom stereocenters. The van der Waals surface area contributed by atoms with Crippen LogP contribution in [0.4, 0.5) is 0 Å². The minimum absolute atomic E-state index is 0.174. The van der Waals surface area contributed by atoms with Gasteiger partial charge in [0.05, 0.1) is 6.42 Å². The van der Waals surface area contributed by atoms with E-state index >= 15 is 0 Å². The quantitative estimate of drug-likeness (QED) is 0.647. The normalized spacial score (nSPS) is 11.9. The topological polar surface area (TPSA) is 74.0 Å². The number of nitrogens with one attached hydrogen (secondary N) is 3. The molecule has 5 nitrogen and oxygen atoms in total. The Morgan fingerprint density at radius 1 is 1.04 bits per heavy atom. The summed E-state index contributed by atoms with van der Waals surface area (Å²) in [5.41, 5.74) is 2.94. The fourth-order valence-corrected chi connectivity index (χ4v) is 2.75. The molecule has 1 aromatic heterocycles. The molecule has 1 heterocycles. The number of hydrogen-bond acceptors (Lipinski definition) is 2. The van der Waals surface area contributed by atoms with Crippen molar-refractivity contribution in [3.8, 4) is 0 Å². The average Bonchev–Trinajstić information content (AvgIpc) is 3.03. The van der Waals surface area contributed by atoms with E-state index in [0.29, 0.717) is 6.54 Å². The van der Waals surface area contributed by atoms with E-state index in [2.05, 4.69) is 15.6 Å². The number of aromatic amines is 1. The number of carbonyl (C=O) groups is 2. The molecule has 2 aromatic carbocycles. The van der Waals surface area contributed by atoms with Gasteiger partial charge in [0.25, 0.3) is 0 Å². The van der Waals surface area contributed by atoms with Crippen molar-refractivity contribution in [1.29, 1.82) is 0 Å². The molecule has 0 spiro atoms. The molecule has 5 heteroatoms. The summed E-state index contributed by atoms with van der Waals surface area (Å²) in [6, 6.07) is 16.9. The predicted molar refractivity (Wildman–Crippen MR) is 97.9 cm³/mol. The summed E-state index contributed by atoms with van der Waals surface area (Å²) in [6.07, 6.45) is 2.07. The molecule has 1 atom stereocenters. The SMILES string of the molecule is CC(NC(=O)Cc1c[nH]c2ccccc12)C(=O)NCc1ccccc1. The van der Waals surface area contributed by atoms with E-state index in [1.807, 2.05) is 60.8 Å². The number of benzene rings is 2. The maximum absolute atomic E-state index is 12.2. The highest BCUT2D eigenvalue weighted by molar-refractivity contribution is 5.91. The van der Waals surface area contributed by atoms with Crippen LogP contribution in [0.5, 0.6) is 0 Å². The Hall–Kier alpha value is -3.08. The first-order chi connectivity index (χ1) is 12.1. The van der Waals surface area contributed by atoms with Gasteiger partial charge >= 0.3 is 0 Å². The standard InChI is InChI=1S/C20H21N3O2/c1-14(20(25)22-12-15-7-3-2-4-8-15)23-19(24)11-16-13-21-18-10-6-5-9-17(16)18/h2-10,13-14,21H,11-12H2,1H3,(H,22,25)(H,23,24). The van der Waals surface area contributed by atoms with Crippen LogP contribution < -0.4 is 10.6 Å². The van der Waals surface area contributed by atoms with Crippen LogP contribution in [0.1, 0.15) is 18.1 Å². The number of H-pyrrole nitrogens is 1. The van der Waals surface area contributed by atoms with Gasteiger partial charge < -0.3 is 15.6 Å². The third-order valence-corrected chi connectivity index (χ3v) is 4.11. The molecular formula is C20H21N3O2. The van der Waals surface area contributed by atoms with Crippen molar-refractivity contribution in [2.75, 3.05) is 0 Å². The Balaban J connectivity index is 1.52. The Labute approximate surface area is 146 Å². The Kier molecular flexibility index (Phi) is 5.14. The first-order valence-corrected chi connectivity index (χ1v) is 8.29. The molecule has 3 rings (SSSR count). The fraction of sp³-hybridized carbons (Fsp3) is 0.200. The summed E-state index contributed by atoms with van der Waals surface area (Å²) < 4.78 is 0. The number of aromatic nitrogens is 1. The lowest BCUT2D eigenvalue weighted by atomic mass is 10.1. The van der Waals surface area contributed by atoms with Gasteiger partial charge in [-0.1, -0.05) is 48.5 Å². The molecule has 3 aromatic rings. The lowest BCUT2D eigenvalue weighted by Gasteiger charge is -2.14. The van der Waals surface area contributed by atoms with Crippen molar-refractivity contribution >= 4 is 22.7 Å². The first-order valence-electron chi connectivity index (χ1n) is 8.29. The minimum atomic E-state index is -0.582. The third kappa shape index (κ3) is 4.26. The van der Waals surface area contributed by atoms with Crippen LogP contribution in [-0.4, -0.2) is 22.8 Å². The molecule has 0 saturated heterocycles. The number of amides is 2. The van der Waals surface area contributed by atoms with Crippen molar-refractivity contribution in [3.63, 3.8) is 0 Å². The minimum Gasteiger partial charge on any atom is -0.361 e. The molecule has 0 bridgehead atoms. The van der Waals surface area contributed by atoms with Gasteiger partial charge in [-0.2, -0.15) is 0 Å². The smallest absolute Gasteiger partial charge is 0.242 e. The maximum atomic E-state index is 12.2. The molecule has 0 radical (unpaired) electrons. The molecule has 0 aliphatic carbocycles. The van der Waals surface area contributed by atoms with E-state index in [9.17, 15) is 9.59 Å². The van der Waals surface area contributed by atoms with Gasteiger partial charge in [0, 0.05) is 23.6 Å². The molecule has 128 valence electrons. The lowest BCUT2D eigenvalue weighted by Crippen LogP contribution is -2.45. The van der Waals surface area contributed by atoms with Crippen molar-refractivity contribution in [2.45, 2.75) is 25.9 Å². The third-order valence-electron chi connectivity index (χ3n) is 4.11. The van der Waals surface area contributed by atoms with Crippen LogP contribution in [0, 0.1) is 0 Å². The zero-order valence-electron chi connectivity index (χ0n) is 14.1. The van der Waals surface area contributed by atoms with Gasteiger partial charge in [-0.05, 0) is 24.1 Å². The summed E-state index contributed by atoms with van der Waals surface area (Å²) >= 11 is 0. The first kappa shape index (κ1) is 16.8. The summed E-state index contributed by atoms with van der Waals surface area (Å²) in [6.45, 7) is 2.13. The summed E-state index contributed by atoms with van der Waals surface area (Å²) in [5, 5.41) is 6.61. The molecule has 0 aliphatic rings. The Bertz CT molecular complexity index is 871. The predicted octanol–water partition coefficient (Wildman–Crippen LogP) is 2.53. The maximum Gasteiger partial charge on any atom is 0.242 e. The molecule has 2 amide bonds. The second-order valence-corrected chi connectivity index (χ2v) is 6.03. The summed E-state index contributed by atoms with van der Waals surface area (Å²) in [5.74, 6) is -0.372. The zero-order chi connectivity index (χ0) is 17.6. The highest BCUT2D eigenvalue weighted by Crippen LogP contribution is 2.17. The number of para-hydroxylation sites is 1. The second-order valence-electron chi connectivity index (χ2n) is 6.03. The number of carbonyl (C=O) groups excluding carboxylic acids is 2. The van der Waals surface area contributed by atoms with E-state index in [-0.39, 0.29) is 18.2 Å². The van der Waals surface area contributed by atoms with Crippen LogP contribution in [-0.2, 0) is 22.6 Å². The monoisotopic (exact) mass is 335 g/mol. The Morgan fingerprint density at radius 3 is 2.56 bits per heavy atom. The molecular weight excluding hydrogens is 314 g/mol. The van der Waals surface area contributed by atoms with E-state index < -0.39 is 6.04 Å². The van der Waals surface area contributed by atoms with Gasteiger partial charge in [-0.15, -0.1) is 0 Å². The van der Waals surface area contributed by atoms with Crippen LogP contribution in [0.3, 0.4) is 0 Å². The van der Waals surface area contributed by atoms with Gasteiger partial charge in [0.2, 0.25) is 11.8 Å². The van der Waals surface area contributed by atoms with Crippen molar-refractivity contribution in [1.82, 2.24) is 15.6 Å². The van der Waals surface area contributed by atoms with Crippen LogP contribution in [0.2, 0.25) is 0 Å². The highest BCUT2D eigenvalue weighted by atomic mass is 16.2.